The van der Waals surface area contributed by atoms with Crippen molar-refractivity contribution in [3.8, 4) is 11.5 Å². The number of nitrogens with one attached hydrogen (secondary N) is 2. The highest BCUT2D eigenvalue weighted by molar-refractivity contribution is 14.0. The molecule has 0 bridgehead atoms. The second-order valence-electron chi connectivity index (χ2n) is 6.56. The molecule has 29 heavy (non-hydrogen) atoms. The topological polar surface area (TPSA) is 64.1 Å². The van der Waals surface area contributed by atoms with Gasteiger partial charge >= 0.3 is 0 Å². The Bertz CT molecular complexity index is 799. The molecular weight excluding hydrogens is 481 g/mol. The van der Waals surface area contributed by atoms with Crippen molar-refractivity contribution < 1.29 is 14.2 Å². The van der Waals surface area contributed by atoms with Crippen LogP contribution in [0.5, 0.6) is 11.5 Å². The smallest absolute Gasteiger partial charge is 0.231 e. The van der Waals surface area contributed by atoms with Crippen LogP contribution in [0.25, 0.3) is 0 Å². The maximum atomic E-state index is 5.71. The lowest BCUT2D eigenvalue weighted by molar-refractivity contribution is 0.121. The van der Waals surface area contributed by atoms with Gasteiger partial charge in [-0.15, -0.1) is 24.0 Å². The summed E-state index contributed by atoms with van der Waals surface area (Å²) in [7, 11) is 0. The van der Waals surface area contributed by atoms with Gasteiger partial charge in [-0.05, 0) is 42.2 Å². The zero-order valence-corrected chi connectivity index (χ0v) is 19.4. The van der Waals surface area contributed by atoms with E-state index >= 15 is 0 Å². The Morgan fingerprint density at radius 2 is 1.83 bits per heavy atom. The third kappa shape index (κ3) is 7.08. The molecule has 1 heterocycles. The number of halogens is 1. The average molecular weight is 511 g/mol. The van der Waals surface area contributed by atoms with E-state index in [9.17, 15) is 0 Å². The van der Waals surface area contributed by atoms with Gasteiger partial charge in [0.1, 0.15) is 0 Å². The molecule has 0 saturated heterocycles. The standard InChI is InChI=1S/C22H29N3O3.HI/c1-3-11-26-15-19-8-6-5-7-18(19)14-25-22(23-4-2)24-13-17-9-10-20-21(12-17)28-16-27-20;/h5-10,12H,3-4,11,13-16H2,1-2H3,(H2,23,24,25);1H. The van der Waals surface area contributed by atoms with E-state index in [1.807, 2.05) is 24.3 Å². The molecule has 158 valence electrons. The summed E-state index contributed by atoms with van der Waals surface area (Å²) < 4.78 is 16.5. The Morgan fingerprint density at radius 3 is 2.62 bits per heavy atom. The molecule has 0 amide bonds. The molecule has 1 aliphatic heterocycles. The van der Waals surface area contributed by atoms with Gasteiger partial charge in [-0.3, -0.25) is 0 Å². The molecule has 1 aliphatic rings. The van der Waals surface area contributed by atoms with Crippen LogP contribution in [-0.4, -0.2) is 25.9 Å². The van der Waals surface area contributed by atoms with Gasteiger partial charge < -0.3 is 24.8 Å². The van der Waals surface area contributed by atoms with E-state index in [4.69, 9.17) is 19.2 Å². The van der Waals surface area contributed by atoms with Gasteiger partial charge in [-0.1, -0.05) is 37.3 Å². The van der Waals surface area contributed by atoms with Crippen LogP contribution in [0.15, 0.2) is 47.5 Å². The number of ether oxygens (including phenoxy) is 3. The van der Waals surface area contributed by atoms with E-state index in [2.05, 4.69) is 42.7 Å². The summed E-state index contributed by atoms with van der Waals surface area (Å²) in [5.41, 5.74) is 3.50. The number of nitrogens with zero attached hydrogens (tertiary/aromatic N) is 1. The number of aliphatic imine (C=N–C) groups is 1. The Labute approximate surface area is 190 Å². The molecule has 0 fully saturated rings. The Kier molecular flexibility index (Phi) is 10.1. The maximum Gasteiger partial charge on any atom is 0.231 e. The van der Waals surface area contributed by atoms with E-state index in [1.165, 1.54) is 11.1 Å². The van der Waals surface area contributed by atoms with Crippen molar-refractivity contribution in [2.24, 2.45) is 4.99 Å². The van der Waals surface area contributed by atoms with Crippen molar-refractivity contribution in [2.75, 3.05) is 19.9 Å². The van der Waals surface area contributed by atoms with Crippen LogP contribution in [0, 0.1) is 0 Å². The molecule has 0 aliphatic carbocycles. The number of guanidine groups is 1. The molecule has 3 rings (SSSR count). The van der Waals surface area contributed by atoms with Crippen LogP contribution >= 0.6 is 24.0 Å². The highest BCUT2D eigenvalue weighted by Gasteiger charge is 2.13. The monoisotopic (exact) mass is 511 g/mol. The molecule has 2 N–H and O–H groups in total. The Balaban J connectivity index is 0.00000300. The van der Waals surface area contributed by atoms with Crippen molar-refractivity contribution in [1.82, 2.24) is 10.6 Å². The summed E-state index contributed by atoms with van der Waals surface area (Å²) in [5.74, 6) is 2.36. The predicted molar refractivity (Wildman–Crippen MR) is 126 cm³/mol. The molecule has 0 radical (unpaired) electrons. The van der Waals surface area contributed by atoms with Gasteiger partial charge in [-0.25, -0.2) is 4.99 Å². The zero-order valence-electron chi connectivity index (χ0n) is 17.1. The zero-order chi connectivity index (χ0) is 19.6. The van der Waals surface area contributed by atoms with E-state index < -0.39 is 0 Å². The van der Waals surface area contributed by atoms with Gasteiger partial charge in [0.15, 0.2) is 17.5 Å². The van der Waals surface area contributed by atoms with Crippen LogP contribution in [0.4, 0.5) is 0 Å². The first-order chi connectivity index (χ1) is 13.8. The quantitative estimate of drug-likeness (QED) is 0.229. The first-order valence-corrected chi connectivity index (χ1v) is 9.85. The van der Waals surface area contributed by atoms with Gasteiger partial charge in [0.05, 0.1) is 13.2 Å². The minimum absolute atomic E-state index is 0. The van der Waals surface area contributed by atoms with Crippen LogP contribution in [0.1, 0.15) is 37.0 Å². The van der Waals surface area contributed by atoms with Crippen molar-refractivity contribution >= 4 is 29.9 Å². The largest absolute Gasteiger partial charge is 0.454 e. The first kappa shape index (κ1) is 23.3. The van der Waals surface area contributed by atoms with Crippen molar-refractivity contribution in [3.63, 3.8) is 0 Å². The van der Waals surface area contributed by atoms with Crippen LogP contribution in [0.3, 0.4) is 0 Å². The highest BCUT2D eigenvalue weighted by atomic mass is 127. The minimum atomic E-state index is 0. The normalized spacial score (nSPS) is 12.4. The summed E-state index contributed by atoms with van der Waals surface area (Å²) >= 11 is 0. The number of rotatable bonds is 9. The lowest BCUT2D eigenvalue weighted by Gasteiger charge is -2.14. The number of hydrogen-bond acceptors (Lipinski definition) is 4. The third-order valence-electron chi connectivity index (χ3n) is 4.37. The second kappa shape index (κ2) is 12.5. The summed E-state index contributed by atoms with van der Waals surface area (Å²) in [6.45, 7) is 7.93. The van der Waals surface area contributed by atoms with Crippen molar-refractivity contribution in [3.05, 3.63) is 59.2 Å². The van der Waals surface area contributed by atoms with E-state index in [0.29, 0.717) is 19.7 Å². The van der Waals surface area contributed by atoms with Crippen LogP contribution in [-0.2, 0) is 24.4 Å². The molecule has 0 aromatic heterocycles. The van der Waals surface area contributed by atoms with E-state index in [1.54, 1.807) is 0 Å². The first-order valence-electron chi connectivity index (χ1n) is 9.85. The lowest BCUT2D eigenvalue weighted by Crippen LogP contribution is -2.37. The molecule has 0 unspecified atom stereocenters. The average Bonchev–Trinajstić information content (AvgIpc) is 3.19. The molecule has 0 saturated carbocycles. The molecule has 2 aromatic rings. The number of fused-ring (bicyclic) bond motifs is 1. The number of benzene rings is 2. The molecule has 6 nitrogen and oxygen atoms in total. The maximum absolute atomic E-state index is 5.71. The predicted octanol–water partition coefficient (Wildman–Crippen LogP) is 4.22. The van der Waals surface area contributed by atoms with Gasteiger partial charge in [0.2, 0.25) is 6.79 Å². The second-order valence-corrected chi connectivity index (χ2v) is 6.56. The van der Waals surface area contributed by atoms with Crippen LogP contribution < -0.4 is 20.1 Å². The fraction of sp³-hybridized carbons (Fsp3) is 0.409. The van der Waals surface area contributed by atoms with Gasteiger partial charge in [0.25, 0.3) is 0 Å². The minimum Gasteiger partial charge on any atom is -0.454 e. The highest BCUT2D eigenvalue weighted by Crippen LogP contribution is 2.32. The molecule has 0 spiro atoms. The summed E-state index contributed by atoms with van der Waals surface area (Å²) in [4.78, 5) is 4.70. The van der Waals surface area contributed by atoms with E-state index in [0.717, 1.165) is 42.6 Å². The molecule has 2 aromatic carbocycles. The van der Waals surface area contributed by atoms with Gasteiger partial charge in [-0.2, -0.15) is 0 Å². The van der Waals surface area contributed by atoms with Crippen molar-refractivity contribution in [2.45, 2.75) is 40.0 Å². The Hall–Kier alpha value is -2.00. The van der Waals surface area contributed by atoms with Crippen LogP contribution in [0.2, 0.25) is 0 Å². The van der Waals surface area contributed by atoms with E-state index in [-0.39, 0.29) is 30.8 Å². The number of hydrogen-bond donors (Lipinski definition) is 2. The third-order valence-corrected chi connectivity index (χ3v) is 4.37. The SMILES string of the molecule is CCCOCc1ccccc1CNC(=NCc1ccc2c(c1)OCO2)NCC.I. The fourth-order valence-electron chi connectivity index (χ4n) is 2.93. The molecule has 7 heteroatoms. The summed E-state index contributed by atoms with van der Waals surface area (Å²) in [5, 5.41) is 6.72. The molecule has 0 atom stereocenters. The molecular formula is C22H30IN3O3. The lowest BCUT2D eigenvalue weighted by atomic mass is 10.1. The Morgan fingerprint density at radius 1 is 1.03 bits per heavy atom. The summed E-state index contributed by atoms with van der Waals surface area (Å²) in [6, 6.07) is 14.3. The van der Waals surface area contributed by atoms with Gasteiger partial charge in [0, 0.05) is 19.7 Å². The van der Waals surface area contributed by atoms with Crippen molar-refractivity contribution in [1.29, 1.82) is 0 Å². The summed E-state index contributed by atoms with van der Waals surface area (Å²) in [6.07, 6.45) is 1.03. The fourth-order valence-corrected chi connectivity index (χ4v) is 2.93.